The SMILES string of the molecule is O=C(COc1cccc(N2CCCC2=O)c1)NCCc1ccc(Br)s1. The Bertz CT molecular complexity index is 762. The average Bonchev–Trinajstić information content (AvgIpc) is 3.21. The number of carbonyl (C=O) groups is 2. The Labute approximate surface area is 159 Å². The van der Waals surface area contributed by atoms with Crippen molar-refractivity contribution in [2.24, 2.45) is 0 Å². The summed E-state index contributed by atoms with van der Waals surface area (Å²) in [5.74, 6) is 0.572. The summed E-state index contributed by atoms with van der Waals surface area (Å²) < 4.78 is 6.65. The average molecular weight is 423 g/mol. The summed E-state index contributed by atoms with van der Waals surface area (Å²) >= 11 is 5.09. The van der Waals surface area contributed by atoms with Crippen molar-refractivity contribution in [2.75, 3.05) is 24.6 Å². The normalized spacial score (nSPS) is 14.0. The van der Waals surface area contributed by atoms with Crippen LogP contribution in [0.25, 0.3) is 0 Å². The summed E-state index contributed by atoms with van der Waals surface area (Å²) in [5.41, 5.74) is 0.823. The van der Waals surface area contributed by atoms with Gasteiger partial charge in [-0.25, -0.2) is 0 Å². The van der Waals surface area contributed by atoms with Crippen LogP contribution in [0.15, 0.2) is 40.2 Å². The number of hydrogen-bond donors (Lipinski definition) is 1. The lowest BCUT2D eigenvalue weighted by Gasteiger charge is -2.16. The Morgan fingerprint density at radius 3 is 2.92 bits per heavy atom. The standard InChI is InChI=1S/C18H19BrN2O3S/c19-16-7-6-15(25-16)8-9-20-17(22)12-24-14-4-1-3-13(11-14)21-10-2-5-18(21)23/h1,3-4,6-7,11H,2,5,8-10,12H2,(H,20,22). The van der Waals surface area contributed by atoms with E-state index < -0.39 is 0 Å². The first-order chi connectivity index (χ1) is 12.1. The molecular weight excluding hydrogens is 404 g/mol. The van der Waals surface area contributed by atoms with Gasteiger partial charge in [0.2, 0.25) is 5.91 Å². The summed E-state index contributed by atoms with van der Waals surface area (Å²) in [6, 6.07) is 11.4. The largest absolute Gasteiger partial charge is 0.484 e. The molecule has 0 spiro atoms. The van der Waals surface area contributed by atoms with Crippen LogP contribution >= 0.6 is 27.3 Å². The molecule has 1 aliphatic rings. The Morgan fingerprint density at radius 2 is 2.20 bits per heavy atom. The molecule has 0 aliphatic carbocycles. The fraction of sp³-hybridized carbons (Fsp3) is 0.333. The van der Waals surface area contributed by atoms with Gasteiger partial charge in [0.25, 0.3) is 5.91 Å². The lowest BCUT2D eigenvalue weighted by Crippen LogP contribution is -2.30. The second kappa shape index (κ2) is 8.49. The van der Waals surface area contributed by atoms with E-state index in [1.807, 2.05) is 24.3 Å². The van der Waals surface area contributed by atoms with Crippen LogP contribution in [0.3, 0.4) is 0 Å². The Morgan fingerprint density at radius 1 is 1.32 bits per heavy atom. The summed E-state index contributed by atoms with van der Waals surface area (Å²) in [5, 5.41) is 2.85. The highest BCUT2D eigenvalue weighted by atomic mass is 79.9. The molecule has 0 radical (unpaired) electrons. The van der Waals surface area contributed by atoms with Crippen molar-refractivity contribution in [3.63, 3.8) is 0 Å². The molecule has 2 heterocycles. The quantitative estimate of drug-likeness (QED) is 0.743. The molecule has 0 unspecified atom stereocenters. The van der Waals surface area contributed by atoms with Crippen LogP contribution in [-0.2, 0) is 16.0 Å². The molecular formula is C18H19BrN2O3S. The molecule has 1 aromatic carbocycles. The first kappa shape index (κ1) is 17.9. The summed E-state index contributed by atoms with van der Waals surface area (Å²) in [6.45, 7) is 1.28. The fourth-order valence-corrected chi connectivity index (χ4v) is 4.16. The van der Waals surface area contributed by atoms with E-state index in [0.29, 0.717) is 18.7 Å². The van der Waals surface area contributed by atoms with Crippen molar-refractivity contribution in [3.05, 3.63) is 45.1 Å². The summed E-state index contributed by atoms with van der Waals surface area (Å²) in [4.78, 5) is 26.7. The van der Waals surface area contributed by atoms with Gasteiger partial charge < -0.3 is 15.0 Å². The first-order valence-electron chi connectivity index (χ1n) is 8.16. The number of thiophene rings is 1. The van der Waals surface area contributed by atoms with Crippen molar-refractivity contribution < 1.29 is 14.3 Å². The van der Waals surface area contributed by atoms with Gasteiger partial charge in [-0.05, 0) is 53.0 Å². The third-order valence-corrected chi connectivity index (χ3v) is 5.58. The van der Waals surface area contributed by atoms with E-state index in [1.54, 1.807) is 28.4 Å². The molecule has 132 valence electrons. The Hall–Kier alpha value is -1.86. The van der Waals surface area contributed by atoms with E-state index in [1.165, 1.54) is 4.88 Å². The maximum atomic E-state index is 11.9. The molecule has 5 nitrogen and oxygen atoms in total. The predicted octanol–water partition coefficient (Wildman–Crippen LogP) is 3.38. The zero-order valence-electron chi connectivity index (χ0n) is 13.7. The molecule has 1 N–H and O–H groups in total. The van der Waals surface area contributed by atoms with Gasteiger partial charge >= 0.3 is 0 Å². The summed E-state index contributed by atoms with van der Waals surface area (Å²) in [7, 11) is 0. The molecule has 2 amide bonds. The van der Waals surface area contributed by atoms with Crippen LogP contribution in [0.1, 0.15) is 17.7 Å². The van der Waals surface area contributed by atoms with E-state index in [9.17, 15) is 9.59 Å². The highest BCUT2D eigenvalue weighted by Crippen LogP contribution is 2.25. The van der Waals surface area contributed by atoms with Crippen LogP contribution in [-0.4, -0.2) is 31.5 Å². The smallest absolute Gasteiger partial charge is 0.257 e. The fourth-order valence-electron chi connectivity index (χ4n) is 2.67. The van der Waals surface area contributed by atoms with Gasteiger partial charge in [-0.1, -0.05) is 6.07 Å². The van der Waals surface area contributed by atoms with Gasteiger partial charge in [-0.2, -0.15) is 0 Å². The number of nitrogens with one attached hydrogen (secondary N) is 1. The molecule has 7 heteroatoms. The molecule has 1 aliphatic heterocycles. The van der Waals surface area contributed by atoms with Gasteiger partial charge in [0.05, 0.1) is 3.79 Å². The molecule has 0 saturated carbocycles. The number of halogens is 1. The van der Waals surface area contributed by atoms with Gasteiger partial charge in [0.1, 0.15) is 5.75 Å². The second-order valence-corrected chi connectivity index (χ2v) is 8.29. The third-order valence-electron chi connectivity index (χ3n) is 3.90. The molecule has 1 fully saturated rings. The number of ether oxygens (including phenoxy) is 1. The second-order valence-electron chi connectivity index (χ2n) is 5.74. The minimum atomic E-state index is -0.154. The number of amides is 2. The van der Waals surface area contributed by atoms with Crippen molar-refractivity contribution in [1.29, 1.82) is 0 Å². The van der Waals surface area contributed by atoms with Gasteiger partial charge in [0, 0.05) is 36.1 Å². The lowest BCUT2D eigenvalue weighted by molar-refractivity contribution is -0.123. The summed E-state index contributed by atoms with van der Waals surface area (Å²) in [6.07, 6.45) is 2.27. The van der Waals surface area contributed by atoms with Crippen LogP contribution in [0.4, 0.5) is 5.69 Å². The highest BCUT2D eigenvalue weighted by Gasteiger charge is 2.21. The molecule has 0 bridgehead atoms. The van der Waals surface area contributed by atoms with Gasteiger partial charge in [0.15, 0.2) is 6.61 Å². The molecule has 25 heavy (non-hydrogen) atoms. The lowest BCUT2D eigenvalue weighted by atomic mass is 10.3. The monoisotopic (exact) mass is 422 g/mol. The van der Waals surface area contributed by atoms with Gasteiger partial charge in [-0.3, -0.25) is 9.59 Å². The number of rotatable bonds is 7. The minimum Gasteiger partial charge on any atom is -0.484 e. The molecule has 3 rings (SSSR count). The number of anilines is 1. The van der Waals surface area contributed by atoms with Gasteiger partial charge in [-0.15, -0.1) is 11.3 Å². The molecule has 0 atom stereocenters. The van der Waals surface area contributed by atoms with E-state index in [2.05, 4.69) is 21.2 Å². The van der Waals surface area contributed by atoms with Crippen LogP contribution < -0.4 is 15.0 Å². The van der Waals surface area contributed by atoms with E-state index >= 15 is 0 Å². The third kappa shape index (κ3) is 5.06. The molecule has 2 aromatic rings. The number of benzene rings is 1. The first-order valence-corrected chi connectivity index (χ1v) is 9.77. The molecule has 1 aromatic heterocycles. The Kier molecular flexibility index (Phi) is 6.09. The predicted molar refractivity (Wildman–Crippen MR) is 102 cm³/mol. The van der Waals surface area contributed by atoms with Crippen molar-refractivity contribution in [2.45, 2.75) is 19.3 Å². The maximum absolute atomic E-state index is 11.9. The maximum Gasteiger partial charge on any atom is 0.257 e. The van der Waals surface area contributed by atoms with Crippen LogP contribution in [0, 0.1) is 0 Å². The van der Waals surface area contributed by atoms with E-state index in [0.717, 1.165) is 28.9 Å². The van der Waals surface area contributed by atoms with Crippen molar-refractivity contribution >= 4 is 44.8 Å². The minimum absolute atomic E-state index is 0.0362. The van der Waals surface area contributed by atoms with Crippen molar-refractivity contribution in [3.8, 4) is 5.75 Å². The zero-order chi connectivity index (χ0) is 17.6. The van der Waals surface area contributed by atoms with E-state index in [-0.39, 0.29) is 18.4 Å². The topological polar surface area (TPSA) is 58.6 Å². The van der Waals surface area contributed by atoms with Crippen LogP contribution in [0.5, 0.6) is 5.75 Å². The number of nitrogens with zero attached hydrogens (tertiary/aromatic N) is 1. The van der Waals surface area contributed by atoms with Crippen molar-refractivity contribution in [1.82, 2.24) is 5.32 Å². The van der Waals surface area contributed by atoms with Crippen LogP contribution in [0.2, 0.25) is 0 Å². The number of hydrogen-bond acceptors (Lipinski definition) is 4. The number of carbonyl (C=O) groups excluding carboxylic acids is 2. The van der Waals surface area contributed by atoms with E-state index in [4.69, 9.17) is 4.74 Å². The Balaban J connectivity index is 1.44. The zero-order valence-corrected chi connectivity index (χ0v) is 16.1. The molecule has 1 saturated heterocycles. The highest BCUT2D eigenvalue weighted by molar-refractivity contribution is 9.11.